The minimum atomic E-state index is -3.26. The number of hydrogen-bond donors (Lipinski definition) is 2. The molecule has 1 aliphatic carbocycles. The lowest BCUT2D eigenvalue weighted by atomic mass is 10.1. The fraction of sp³-hybridized carbons (Fsp3) is 0.833. The lowest BCUT2D eigenvalue weighted by molar-refractivity contribution is -0.142. The zero-order valence-corrected chi connectivity index (χ0v) is 7.47. The maximum atomic E-state index is 11.0. The summed E-state index contributed by atoms with van der Waals surface area (Å²) in [6, 6.07) is 0. The minimum Gasteiger partial charge on any atom is -0.481 e. The second-order valence-corrected chi connectivity index (χ2v) is 5.42. The molecule has 0 saturated heterocycles. The van der Waals surface area contributed by atoms with Crippen LogP contribution in [0, 0.1) is 5.41 Å². The van der Waals surface area contributed by atoms with Gasteiger partial charge in [0.05, 0.1) is 10.7 Å². The number of sulfone groups is 1. The van der Waals surface area contributed by atoms with Crippen molar-refractivity contribution in [2.45, 2.75) is 11.7 Å². The summed E-state index contributed by atoms with van der Waals surface area (Å²) < 4.78 is 21.9. The van der Waals surface area contributed by atoms with Crippen LogP contribution in [-0.4, -0.2) is 37.5 Å². The van der Waals surface area contributed by atoms with Crippen molar-refractivity contribution in [3.05, 3.63) is 0 Å². The van der Waals surface area contributed by atoms with Crippen molar-refractivity contribution in [2.24, 2.45) is 11.1 Å². The van der Waals surface area contributed by atoms with E-state index in [1.165, 1.54) is 0 Å². The molecule has 0 heterocycles. The fourth-order valence-electron chi connectivity index (χ4n) is 1.36. The SMILES string of the molecule is CS(=O)(=O)[C@H]1C[C@@]1(CN)C(=O)O. The lowest BCUT2D eigenvalue weighted by Gasteiger charge is -2.06. The Labute approximate surface area is 70.5 Å². The highest BCUT2D eigenvalue weighted by Crippen LogP contribution is 2.49. The molecule has 0 aromatic carbocycles. The van der Waals surface area contributed by atoms with Crippen LogP contribution < -0.4 is 5.73 Å². The lowest BCUT2D eigenvalue weighted by Crippen LogP contribution is -2.30. The van der Waals surface area contributed by atoms with Gasteiger partial charge in [-0.05, 0) is 6.42 Å². The molecular formula is C6H11NO4S. The Morgan fingerprint density at radius 3 is 2.33 bits per heavy atom. The van der Waals surface area contributed by atoms with Crippen LogP contribution in [-0.2, 0) is 14.6 Å². The van der Waals surface area contributed by atoms with Crippen LogP contribution in [0.15, 0.2) is 0 Å². The number of nitrogens with two attached hydrogens (primary N) is 1. The van der Waals surface area contributed by atoms with Gasteiger partial charge in [0.1, 0.15) is 0 Å². The van der Waals surface area contributed by atoms with Crippen LogP contribution in [0.3, 0.4) is 0 Å². The highest BCUT2D eigenvalue weighted by atomic mass is 32.2. The third-order valence-electron chi connectivity index (χ3n) is 2.31. The Hall–Kier alpha value is -0.620. The fourth-order valence-corrected chi connectivity index (χ4v) is 2.98. The summed E-state index contributed by atoms with van der Waals surface area (Å²) in [4.78, 5) is 10.6. The van der Waals surface area contributed by atoms with Gasteiger partial charge in [0, 0.05) is 12.8 Å². The molecule has 5 nitrogen and oxygen atoms in total. The van der Waals surface area contributed by atoms with Gasteiger partial charge in [-0.3, -0.25) is 4.79 Å². The van der Waals surface area contributed by atoms with Crippen LogP contribution >= 0.6 is 0 Å². The van der Waals surface area contributed by atoms with E-state index in [4.69, 9.17) is 10.8 Å². The molecule has 0 spiro atoms. The molecule has 1 saturated carbocycles. The van der Waals surface area contributed by atoms with Crippen molar-refractivity contribution in [1.29, 1.82) is 0 Å². The maximum Gasteiger partial charge on any atom is 0.312 e. The molecule has 0 unspecified atom stereocenters. The average molecular weight is 193 g/mol. The quantitative estimate of drug-likeness (QED) is 0.588. The van der Waals surface area contributed by atoms with Crippen LogP contribution in [0.1, 0.15) is 6.42 Å². The van der Waals surface area contributed by atoms with Crippen LogP contribution in [0.5, 0.6) is 0 Å². The Morgan fingerprint density at radius 2 is 2.25 bits per heavy atom. The zero-order valence-electron chi connectivity index (χ0n) is 6.65. The van der Waals surface area contributed by atoms with E-state index in [1.54, 1.807) is 0 Å². The standard InChI is InChI=1S/C6H11NO4S/c1-12(10,11)4-2-6(4,3-7)5(8)9/h4H,2-3,7H2,1H3,(H,8,9)/t4-,6-/m0/s1. The number of carbonyl (C=O) groups is 1. The van der Waals surface area contributed by atoms with Gasteiger partial charge in [-0.25, -0.2) is 8.42 Å². The summed E-state index contributed by atoms with van der Waals surface area (Å²) in [7, 11) is -3.26. The molecule has 6 heteroatoms. The normalized spacial score (nSPS) is 34.7. The zero-order chi connectivity index (χ0) is 9.57. The Balaban J connectivity index is 2.89. The molecule has 1 fully saturated rings. The first-order valence-electron chi connectivity index (χ1n) is 3.47. The number of carboxylic acids is 1. The molecule has 70 valence electrons. The first-order valence-corrected chi connectivity index (χ1v) is 5.42. The molecule has 0 amide bonds. The number of carboxylic acid groups (broad SMARTS) is 1. The van der Waals surface area contributed by atoms with Crippen molar-refractivity contribution < 1.29 is 18.3 Å². The molecule has 0 radical (unpaired) electrons. The van der Waals surface area contributed by atoms with E-state index in [0.29, 0.717) is 0 Å². The van der Waals surface area contributed by atoms with Gasteiger partial charge in [-0.1, -0.05) is 0 Å². The van der Waals surface area contributed by atoms with Gasteiger partial charge >= 0.3 is 5.97 Å². The second kappa shape index (κ2) is 2.43. The second-order valence-electron chi connectivity index (χ2n) is 3.19. The number of hydrogen-bond acceptors (Lipinski definition) is 4. The number of aliphatic carboxylic acids is 1. The first-order chi connectivity index (χ1) is 5.34. The highest BCUT2D eigenvalue weighted by molar-refractivity contribution is 7.91. The molecule has 0 aromatic rings. The van der Waals surface area contributed by atoms with Crippen molar-refractivity contribution >= 4 is 15.8 Å². The summed E-state index contributed by atoms with van der Waals surface area (Å²) in [6.07, 6.45) is 1.19. The van der Waals surface area contributed by atoms with E-state index in [1.807, 2.05) is 0 Å². The summed E-state index contributed by atoms with van der Waals surface area (Å²) in [5, 5.41) is 7.91. The van der Waals surface area contributed by atoms with E-state index in [-0.39, 0.29) is 13.0 Å². The van der Waals surface area contributed by atoms with E-state index < -0.39 is 26.5 Å². The largest absolute Gasteiger partial charge is 0.481 e. The predicted molar refractivity (Wildman–Crippen MR) is 42.4 cm³/mol. The molecular weight excluding hydrogens is 182 g/mol. The summed E-state index contributed by atoms with van der Waals surface area (Å²) in [6.45, 7) is -0.111. The molecule has 1 rings (SSSR count). The maximum absolute atomic E-state index is 11.0. The van der Waals surface area contributed by atoms with Crippen molar-refractivity contribution in [2.75, 3.05) is 12.8 Å². The van der Waals surface area contributed by atoms with Gasteiger partial charge in [-0.2, -0.15) is 0 Å². The molecule has 3 N–H and O–H groups in total. The van der Waals surface area contributed by atoms with Gasteiger partial charge in [0.2, 0.25) is 0 Å². The monoisotopic (exact) mass is 193 g/mol. The Morgan fingerprint density at radius 1 is 1.75 bits per heavy atom. The van der Waals surface area contributed by atoms with Crippen LogP contribution in [0.4, 0.5) is 0 Å². The first kappa shape index (κ1) is 9.47. The van der Waals surface area contributed by atoms with E-state index >= 15 is 0 Å². The van der Waals surface area contributed by atoms with Crippen LogP contribution in [0.25, 0.3) is 0 Å². The summed E-state index contributed by atoms with van der Waals surface area (Å²) in [5.74, 6) is -1.11. The Bertz CT molecular complexity index is 310. The predicted octanol–water partition coefficient (Wildman–Crippen LogP) is -1.17. The van der Waals surface area contributed by atoms with Crippen LogP contribution in [0.2, 0.25) is 0 Å². The minimum absolute atomic E-state index is 0.111. The van der Waals surface area contributed by atoms with Crippen molar-refractivity contribution in [3.63, 3.8) is 0 Å². The van der Waals surface area contributed by atoms with E-state index in [9.17, 15) is 13.2 Å². The molecule has 0 bridgehead atoms. The Kier molecular flexibility index (Phi) is 1.92. The summed E-state index contributed by atoms with van der Waals surface area (Å²) >= 11 is 0. The molecule has 1 aliphatic rings. The molecule has 2 atom stereocenters. The third kappa shape index (κ3) is 1.21. The van der Waals surface area contributed by atoms with E-state index in [0.717, 1.165) is 6.26 Å². The topological polar surface area (TPSA) is 97.5 Å². The molecule has 12 heavy (non-hydrogen) atoms. The van der Waals surface area contributed by atoms with Crippen molar-refractivity contribution in [1.82, 2.24) is 0 Å². The molecule has 0 aromatic heterocycles. The number of rotatable bonds is 3. The van der Waals surface area contributed by atoms with Gasteiger partial charge in [0.25, 0.3) is 0 Å². The van der Waals surface area contributed by atoms with Gasteiger partial charge in [0.15, 0.2) is 9.84 Å². The highest BCUT2D eigenvalue weighted by Gasteiger charge is 2.64. The third-order valence-corrected chi connectivity index (χ3v) is 3.96. The van der Waals surface area contributed by atoms with E-state index in [2.05, 4.69) is 0 Å². The molecule has 0 aliphatic heterocycles. The van der Waals surface area contributed by atoms with Crippen molar-refractivity contribution in [3.8, 4) is 0 Å². The smallest absolute Gasteiger partial charge is 0.312 e. The van der Waals surface area contributed by atoms with Gasteiger partial charge in [-0.15, -0.1) is 0 Å². The van der Waals surface area contributed by atoms with Gasteiger partial charge < -0.3 is 10.8 Å². The average Bonchev–Trinajstić information content (AvgIpc) is 2.60. The summed E-state index contributed by atoms with van der Waals surface area (Å²) in [5.41, 5.74) is 4.01.